The first-order chi connectivity index (χ1) is 16.4. The lowest BCUT2D eigenvalue weighted by Gasteiger charge is -2.39. The zero-order chi connectivity index (χ0) is 23.8. The first kappa shape index (κ1) is 23.0. The highest BCUT2D eigenvalue weighted by molar-refractivity contribution is 5.96. The number of halogens is 1. The van der Waals surface area contributed by atoms with Gasteiger partial charge in [-0.2, -0.15) is 0 Å². The second-order valence-corrected chi connectivity index (χ2v) is 10.3. The normalized spacial score (nSPS) is 22.1. The van der Waals surface area contributed by atoms with Crippen LogP contribution in [0.4, 0.5) is 15.8 Å². The van der Waals surface area contributed by atoms with Gasteiger partial charge < -0.3 is 26.0 Å². The molecule has 3 unspecified atom stereocenters. The maximum atomic E-state index is 13.8. The van der Waals surface area contributed by atoms with Gasteiger partial charge in [0.2, 0.25) is 5.91 Å². The van der Waals surface area contributed by atoms with Crippen molar-refractivity contribution in [1.29, 1.82) is 0 Å². The maximum absolute atomic E-state index is 13.8. The quantitative estimate of drug-likeness (QED) is 0.547. The number of benzene rings is 2. The lowest BCUT2D eigenvalue weighted by Crippen LogP contribution is -2.49. The first-order valence-corrected chi connectivity index (χ1v) is 12.5. The lowest BCUT2D eigenvalue weighted by molar-refractivity contribution is 0.0997. The third-order valence-electron chi connectivity index (χ3n) is 7.85. The zero-order valence-corrected chi connectivity index (χ0v) is 20.1. The van der Waals surface area contributed by atoms with Crippen molar-refractivity contribution in [3.8, 4) is 5.75 Å². The van der Waals surface area contributed by atoms with E-state index >= 15 is 0 Å². The summed E-state index contributed by atoms with van der Waals surface area (Å²) in [4.78, 5) is 14.1. The van der Waals surface area contributed by atoms with Crippen LogP contribution < -0.4 is 26.0 Å². The number of carbonyl (C=O) groups is 1. The van der Waals surface area contributed by atoms with Gasteiger partial charge in [0.25, 0.3) is 0 Å². The van der Waals surface area contributed by atoms with E-state index in [0.717, 1.165) is 54.1 Å². The Morgan fingerprint density at radius 3 is 2.82 bits per heavy atom. The monoisotopic (exact) mass is 466 g/mol. The molecule has 0 aromatic heterocycles. The molecular formula is C27H35FN4O2. The van der Waals surface area contributed by atoms with Crippen molar-refractivity contribution < 1.29 is 13.9 Å². The van der Waals surface area contributed by atoms with E-state index in [9.17, 15) is 9.18 Å². The van der Waals surface area contributed by atoms with Crippen LogP contribution in [0, 0.1) is 11.7 Å². The van der Waals surface area contributed by atoms with E-state index in [2.05, 4.69) is 10.6 Å². The molecular weight excluding hydrogens is 431 g/mol. The predicted molar refractivity (Wildman–Crippen MR) is 133 cm³/mol. The largest absolute Gasteiger partial charge is 0.489 e. The van der Waals surface area contributed by atoms with Crippen LogP contribution in [-0.2, 0) is 6.42 Å². The molecule has 2 aromatic carbocycles. The smallest absolute Gasteiger partial charge is 0.249 e. The van der Waals surface area contributed by atoms with E-state index < -0.39 is 5.91 Å². The number of amides is 1. The molecule has 182 valence electrons. The van der Waals surface area contributed by atoms with Crippen LogP contribution in [-0.4, -0.2) is 45.2 Å². The summed E-state index contributed by atoms with van der Waals surface area (Å²) in [5.74, 6) is 1.19. The molecule has 6 nitrogen and oxygen atoms in total. The molecule has 0 saturated heterocycles. The van der Waals surface area contributed by atoms with Crippen molar-refractivity contribution >= 4 is 17.3 Å². The van der Waals surface area contributed by atoms with Gasteiger partial charge in [-0.1, -0.05) is 6.42 Å². The Hall–Kier alpha value is -2.80. The number of nitrogens with zero attached hydrogens (tertiary/aromatic N) is 1. The lowest BCUT2D eigenvalue weighted by atomic mass is 9.76. The summed E-state index contributed by atoms with van der Waals surface area (Å²) in [6.07, 6.45) is 6.54. The number of fused-ring (bicyclic) bond motifs is 2. The van der Waals surface area contributed by atoms with Crippen molar-refractivity contribution in [2.75, 3.05) is 37.5 Å². The summed E-state index contributed by atoms with van der Waals surface area (Å²) in [7, 11) is 3.95. The Labute approximate surface area is 201 Å². The average Bonchev–Trinajstić information content (AvgIpc) is 3.17. The minimum atomic E-state index is -0.416. The molecule has 1 aliphatic carbocycles. The number of anilines is 2. The first-order valence-electron chi connectivity index (χ1n) is 12.5. The molecule has 3 atom stereocenters. The number of nitrogens with two attached hydrogens (primary N) is 1. The Morgan fingerprint density at radius 2 is 2.12 bits per heavy atom. The molecule has 0 spiro atoms. The van der Waals surface area contributed by atoms with Crippen molar-refractivity contribution in [3.05, 3.63) is 52.8 Å². The fourth-order valence-electron chi connectivity index (χ4n) is 5.77. The third kappa shape index (κ3) is 4.45. The van der Waals surface area contributed by atoms with E-state index in [-0.39, 0.29) is 11.9 Å². The summed E-state index contributed by atoms with van der Waals surface area (Å²) in [5.41, 5.74) is 10.3. The second-order valence-electron chi connectivity index (χ2n) is 10.3. The van der Waals surface area contributed by atoms with Crippen LogP contribution in [0.5, 0.6) is 5.75 Å². The molecule has 2 heterocycles. The summed E-state index contributed by atoms with van der Waals surface area (Å²) < 4.78 is 20.1. The fraction of sp³-hybridized carbons (Fsp3) is 0.519. The SMILES string of the molecule is CN(C)c1ccc(C(N)=O)c2c1OCC(NC(CCC1CNc3ccc(F)cc31)C1CCC1)C2. The van der Waals surface area contributed by atoms with E-state index in [1.165, 1.54) is 25.3 Å². The Bertz CT molecular complexity index is 1070. The molecule has 4 N–H and O–H groups in total. The van der Waals surface area contributed by atoms with Crippen LogP contribution in [0.2, 0.25) is 0 Å². The molecule has 2 aliphatic heterocycles. The van der Waals surface area contributed by atoms with Crippen molar-refractivity contribution in [2.24, 2.45) is 11.7 Å². The van der Waals surface area contributed by atoms with Crippen LogP contribution in [0.15, 0.2) is 30.3 Å². The molecule has 5 rings (SSSR count). The predicted octanol–water partition coefficient (Wildman–Crippen LogP) is 4.04. The summed E-state index contributed by atoms with van der Waals surface area (Å²) in [6.45, 7) is 1.43. The van der Waals surface area contributed by atoms with Gasteiger partial charge in [-0.3, -0.25) is 4.79 Å². The Balaban J connectivity index is 1.30. The van der Waals surface area contributed by atoms with Crippen LogP contribution >= 0.6 is 0 Å². The molecule has 34 heavy (non-hydrogen) atoms. The van der Waals surface area contributed by atoms with Gasteiger partial charge in [-0.05, 0) is 73.9 Å². The van der Waals surface area contributed by atoms with Crippen molar-refractivity contribution in [3.63, 3.8) is 0 Å². The summed E-state index contributed by atoms with van der Waals surface area (Å²) in [6, 6.07) is 9.29. The summed E-state index contributed by atoms with van der Waals surface area (Å²) >= 11 is 0. The molecule has 1 amide bonds. The topological polar surface area (TPSA) is 79.6 Å². The van der Waals surface area contributed by atoms with E-state index in [4.69, 9.17) is 10.5 Å². The average molecular weight is 467 g/mol. The standard InChI is InChI=1S/C27H35FN4O2/c1-32(2)25-11-8-20(27(29)33)22-13-19(15-34-26(22)25)31-23(16-4-3-5-16)9-6-17-14-30-24-10-7-18(28)12-21(17)24/h7-8,10-12,16-17,19,23,30-31H,3-6,9,13-15H2,1-2H3,(H2,29,33). The van der Waals surface area contributed by atoms with Gasteiger partial charge in [0, 0.05) is 55.5 Å². The highest BCUT2D eigenvalue weighted by Gasteiger charge is 2.33. The van der Waals surface area contributed by atoms with E-state index in [1.807, 2.05) is 37.2 Å². The minimum absolute atomic E-state index is 0.125. The maximum Gasteiger partial charge on any atom is 0.249 e. The van der Waals surface area contributed by atoms with Gasteiger partial charge in [0.05, 0.1) is 5.69 Å². The molecule has 2 aromatic rings. The number of hydrogen-bond donors (Lipinski definition) is 3. The minimum Gasteiger partial charge on any atom is -0.489 e. The molecule has 0 radical (unpaired) electrons. The van der Waals surface area contributed by atoms with E-state index in [0.29, 0.717) is 30.0 Å². The summed E-state index contributed by atoms with van der Waals surface area (Å²) in [5, 5.41) is 7.31. The highest BCUT2D eigenvalue weighted by Crippen LogP contribution is 2.40. The third-order valence-corrected chi connectivity index (χ3v) is 7.85. The van der Waals surface area contributed by atoms with Crippen molar-refractivity contribution in [2.45, 2.75) is 56.5 Å². The van der Waals surface area contributed by atoms with Gasteiger partial charge in [-0.25, -0.2) is 4.39 Å². The Kier molecular flexibility index (Phi) is 6.38. The van der Waals surface area contributed by atoms with Crippen LogP contribution in [0.1, 0.15) is 59.5 Å². The van der Waals surface area contributed by atoms with Gasteiger partial charge >= 0.3 is 0 Å². The number of carbonyl (C=O) groups excluding carboxylic acids is 1. The van der Waals surface area contributed by atoms with Crippen molar-refractivity contribution in [1.82, 2.24) is 5.32 Å². The van der Waals surface area contributed by atoms with Gasteiger partial charge in [0.15, 0.2) is 0 Å². The number of hydrogen-bond acceptors (Lipinski definition) is 5. The molecule has 1 saturated carbocycles. The number of primary amides is 1. The van der Waals surface area contributed by atoms with E-state index in [1.54, 1.807) is 6.07 Å². The van der Waals surface area contributed by atoms with Gasteiger partial charge in [0.1, 0.15) is 18.2 Å². The van der Waals surface area contributed by atoms with Crippen LogP contribution in [0.3, 0.4) is 0 Å². The second kappa shape index (κ2) is 9.45. The fourth-order valence-corrected chi connectivity index (χ4v) is 5.77. The molecule has 0 bridgehead atoms. The molecule has 3 aliphatic rings. The van der Waals surface area contributed by atoms with Crippen LogP contribution in [0.25, 0.3) is 0 Å². The molecule has 1 fully saturated rings. The number of rotatable bonds is 8. The number of nitrogens with one attached hydrogen (secondary N) is 2. The highest BCUT2D eigenvalue weighted by atomic mass is 19.1. The Morgan fingerprint density at radius 1 is 1.29 bits per heavy atom. The number of ether oxygens (including phenoxy) is 1. The van der Waals surface area contributed by atoms with Gasteiger partial charge in [-0.15, -0.1) is 0 Å². The zero-order valence-electron chi connectivity index (χ0n) is 20.1. The molecule has 7 heteroatoms.